The Morgan fingerprint density at radius 3 is 2.19 bits per heavy atom. The molecule has 0 aliphatic carbocycles. The Balaban J connectivity index is 1.56. The minimum atomic E-state index is -1.94. The number of hydrogen-bond acceptors (Lipinski definition) is 9. The standard InChI is InChI=1S/C24H21BrFN3O7/c1-2-33-24(32)18-20(25)29(28-27-18)21-17(26)19(36-23(31)15-11-7-4-8-12-15)16(35-21)13-34-22(30)14-9-5-3-6-10-14/h3-12,16-17,19,21H,2,13H2,1H3/t16-,17+,19-,21-/m1/s1. The Hall–Kier alpha value is -3.64. The molecule has 3 aromatic rings. The van der Waals surface area contributed by atoms with Gasteiger partial charge in [0.25, 0.3) is 0 Å². The van der Waals surface area contributed by atoms with Gasteiger partial charge < -0.3 is 18.9 Å². The summed E-state index contributed by atoms with van der Waals surface area (Å²) in [6.07, 6.45) is -6.00. The van der Waals surface area contributed by atoms with Gasteiger partial charge in [0, 0.05) is 0 Å². The number of aromatic nitrogens is 3. The van der Waals surface area contributed by atoms with Crippen LogP contribution in [0.3, 0.4) is 0 Å². The van der Waals surface area contributed by atoms with E-state index in [1.165, 1.54) is 12.1 Å². The molecule has 1 aliphatic rings. The van der Waals surface area contributed by atoms with Crippen LogP contribution < -0.4 is 0 Å². The molecule has 10 nitrogen and oxygen atoms in total. The minimum Gasteiger partial charge on any atom is -0.461 e. The summed E-state index contributed by atoms with van der Waals surface area (Å²) in [7, 11) is 0. The molecule has 0 unspecified atom stereocenters. The van der Waals surface area contributed by atoms with Crippen molar-refractivity contribution in [2.75, 3.05) is 13.2 Å². The van der Waals surface area contributed by atoms with Crippen LogP contribution in [-0.4, -0.2) is 64.5 Å². The lowest BCUT2D eigenvalue weighted by Crippen LogP contribution is -2.37. The van der Waals surface area contributed by atoms with E-state index in [9.17, 15) is 14.4 Å². The summed E-state index contributed by atoms with van der Waals surface area (Å²) >= 11 is 3.18. The van der Waals surface area contributed by atoms with Crippen molar-refractivity contribution in [3.63, 3.8) is 0 Å². The highest BCUT2D eigenvalue weighted by Crippen LogP contribution is 2.36. The smallest absolute Gasteiger partial charge is 0.361 e. The fourth-order valence-electron chi connectivity index (χ4n) is 3.52. The number of nitrogens with zero attached hydrogens (tertiary/aromatic N) is 3. The summed E-state index contributed by atoms with van der Waals surface area (Å²) in [4.78, 5) is 37.2. The zero-order chi connectivity index (χ0) is 25.7. The predicted octanol–water partition coefficient (Wildman–Crippen LogP) is 3.54. The first-order valence-electron chi connectivity index (χ1n) is 11.0. The second-order valence-electron chi connectivity index (χ2n) is 7.60. The third-order valence-corrected chi connectivity index (χ3v) is 5.99. The molecular weight excluding hydrogens is 541 g/mol. The van der Waals surface area contributed by atoms with Crippen molar-refractivity contribution in [1.29, 1.82) is 0 Å². The van der Waals surface area contributed by atoms with E-state index in [-0.39, 0.29) is 22.5 Å². The summed E-state index contributed by atoms with van der Waals surface area (Å²) in [6.45, 7) is 1.32. The summed E-state index contributed by atoms with van der Waals surface area (Å²) in [6, 6.07) is 16.3. The number of rotatable bonds is 8. The maximum Gasteiger partial charge on any atom is 0.361 e. The van der Waals surface area contributed by atoms with Gasteiger partial charge in [-0.1, -0.05) is 41.6 Å². The topological polar surface area (TPSA) is 119 Å². The highest BCUT2D eigenvalue weighted by atomic mass is 79.9. The summed E-state index contributed by atoms with van der Waals surface area (Å²) in [5.41, 5.74) is 0.323. The van der Waals surface area contributed by atoms with E-state index >= 15 is 4.39 Å². The average Bonchev–Trinajstić information content (AvgIpc) is 3.42. The van der Waals surface area contributed by atoms with Crippen molar-refractivity contribution in [3.8, 4) is 0 Å². The van der Waals surface area contributed by atoms with Crippen LogP contribution >= 0.6 is 15.9 Å². The molecule has 1 fully saturated rings. The van der Waals surface area contributed by atoms with Gasteiger partial charge in [-0.15, -0.1) is 5.10 Å². The molecule has 4 atom stereocenters. The number of alkyl halides is 1. The fourth-order valence-corrected chi connectivity index (χ4v) is 4.03. The Kier molecular flexibility index (Phi) is 8.06. The van der Waals surface area contributed by atoms with E-state index in [0.717, 1.165) is 4.68 Å². The maximum atomic E-state index is 15.7. The lowest BCUT2D eigenvalue weighted by Gasteiger charge is -2.19. The zero-order valence-electron chi connectivity index (χ0n) is 19.0. The highest BCUT2D eigenvalue weighted by Gasteiger charge is 2.50. The second kappa shape index (κ2) is 11.4. The van der Waals surface area contributed by atoms with Crippen LogP contribution in [0.2, 0.25) is 0 Å². The molecule has 4 rings (SSSR count). The van der Waals surface area contributed by atoms with Crippen LogP contribution in [0.1, 0.15) is 44.4 Å². The van der Waals surface area contributed by atoms with E-state index in [0.29, 0.717) is 5.56 Å². The lowest BCUT2D eigenvalue weighted by atomic mass is 10.1. The Morgan fingerprint density at radius 2 is 1.58 bits per heavy atom. The summed E-state index contributed by atoms with van der Waals surface area (Å²) < 4.78 is 38.2. The van der Waals surface area contributed by atoms with Crippen molar-refractivity contribution >= 4 is 33.8 Å². The molecule has 36 heavy (non-hydrogen) atoms. The molecule has 1 aromatic heterocycles. The molecule has 2 heterocycles. The highest BCUT2D eigenvalue weighted by molar-refractivity contribution is 9.10. The molecule has 0 saturated carbocycles. The molecule has 2 aromatic carbocycles. The third kappa shape index (κ3) is 5.44. The normalized spacial score (nSPS) is 21.1. The first kappa shape index (κ1) is 25.5. The molecule has 0 N–H and O–H groups in total. The second-order valence-corrected chi connectivity index (χ2v) is 8.35. The van der Waals surface area contributed by atoms with Gasteiger partial charge in [-0.2, -0.15) is 0 Å². The minimum absolute atomic E-state index is 0.0173. The Bertz CT molecular complexity index is 1220. The molecule has 0 bridgehead atoms. The number of halogens is 2. The van der Waals surface area contributed by atoms with E-state index in [2.05, 4.69) is 26.2 Å². The largest absolute Gasteiger partial charge is 0.461 e. The summed E-state index contributed by atoms with van der Waals surface area (Å²) in [5.74, 6) is -2.20. The Morgan fingerprint density at radius 1 is 0.972 bits per heavy atom. The quantitative estimate of drug-likeness (QED) is 0.300. The van der Waals surface area contributed by atoms with Crippen molar-refractivity contribution in [2.24, 2.45) is 0 Å². The number of carbonyl (C=O) groups excluding carboxylic acids is 3. The van der Waals surface area contributed by atoms with Crippen molar-refractivity contribution < 1.29 is 37.7 Å². The number of benzene rings is 2. The van der Waals surface area contributed by atoms with Gasteiger partial charge in [-0.05, 0) is 47.1 Å². The number of esters is 3. The third-order valence-electron chi connectivity index (χ3n) is 5.26. The molecule has 1 aliphatic heterocycles. The molecule has 0 spiro atoms. The predicted molar refractivity (Wildman–Crippen MR) is 125 cm³/mol. The van der Waals surface area contributed by atoms with Gasteiger partial charge in [0.2, 0.25) is 5.69 Å². The zero-order valence-corrected chi connectivity index (χ0v) is 20.5. The Labute approximate surface area is 213 Å². The SMILES string of the molecule is CCOC(=O)c1nnn([C@@H]2O[C@H](COC(=O)c3ccccc3)[C@@H](OC(=O)c3ccccc3)[C@@H]2F)c1Br. The van der Waals surface area contributed by atoms with Crippen molar-refractivity contribution in [1.82, 2.24) is 15.0 Å². The first-order chi connectivity index (χ1) is 17.4. The molecule has 12 heteroatoms. The van der Waals surface area contributed by atoms with Crippen LogP contribution in [-0.2, 0) is 18.9 Å². The van der Waals surface area contributed by atoms with Crippen molar-refractivity contribution in [2.45, 2.75) is 31.5 Å². The molecule has 1 saturated heterocycles. The van der Waals surface area contributed by atoms with Gasteiger partial charge in [0.15, 0.2) is 18.5 Å². The average molecular weight is 562 g/mol. The summed E-state index contributed by atoms with van der Waals surface area (Å²) in [5, 5.41) is 7.54. The van der Waals surface area contributed by atoms with Crippen LogP contribution in [0.25, 0.3) is 0 Å². The van der Waals surface area contributed by atoms with Gasteiger partial charge in [-0.25, -0.2) is 23.5 Å². The van der Waals surface area contributed by atoms with Crippen LogP contribution in [0.5, 0.6) is 0 Å². The van der Waals surface area contributed by atoms with Gasteiger partial charge >= 0.3 is 17.9 Å². The van der Waals surface area contributed by atoms with E-state index in [4.69, 9.17) is 18.9 Å². The van der Waals surface area contributed by atoms with E-state index < -0.39 is 49.1 Å². The number of carbonyl (C=O) groups is 3. The molecule has 188 valence electrons. The first-order valence-corrected chi connectivity index (χ1v) is 11.8. The number of hydrogen-bond donors (Lipinski definition) is 0. The lowest BCUT2D eigenvalue weighted by molar-refractivity contribution is -0.0625. The fraction of sp³-hybridized carbons (Fsp3) is 0.292. The van der Waals surface area contributed by atoms with Gasteiger partial charge in [0.1, 0.15) is 17.3 Å². The van der Waals surface area contributed by atoms with Crippen molar-refractivity contribution in [3.05, 3.63) is 82.1 Å². The monoisotopic (exact) mass is 561 g/mol. The van der Waals surface area contributed by atoms with E-state index in [1.807, 2.05) is 0 Å². The maximum absolute atomic E-state index is 15.7. The molecule has 0 amide bonds. The van der Waals surface area contributed by atoms with E-state index in [1.54, 1.807) is 55.5 Å². The van der Waals surface area contributed by atoms with Crippen LogP contribution in [0.15, 0.2) is 65.3 Å². The van der Waals surface area contributed by atoms with Crippen LogP contribution in [0, 0.1) is 0 Å². The number of ether oxygens (including phenoxy) is 4. The van der Waals surface area contributed by atoms with Crippen LogP contribution in [0.4, 0.5) is 4.39 Å². The molecule has 0 radical (unpaired) electrons. The molecular formula is C24H21BrFN3O7. The van der Waals surface area contributed by atoms with Gasteiger partial charge in [0.05, 0.1) is 17.7 Å². The van der Waals surface area contributed by atoms with Gasteiger partial charge in [-0.3, -0.25) is 0 Å².